The van der Waals surface area contributed by atoms with Gasteiger partial charge in [-0.3, -0.25) is 9.59 Å². The SMILES string of the molecule is CCC(=O)O.O=C(O)CC12CC3CC(CC(C3)C1)C2. The maximum Gasteiger partial charge on any atom is 0.303 e. The standard InChI is InChI=1S/C12H18O2.C3H6O2/c13-11(14)7-12-4-8-1-9(5-12)3-10(2-8)6-12;1-2-3(4)5/h8-10H,1-7H2,(H,13,14);2H2,1H3,(H,4,5). The van der Waals surface area contributed by atoms with E-state index in [0.717, 1.165) is 17.8 Å². The lowest BCUT2D eigenvalue weighted by Crippen LogP contribution is -2.46. The molecule has 0 aromatic carbocycles. The summed E-state index contributed by atoms with van der Waals surface area (Å²) in [6.45, 7) is 1.60. The fourth-order valence-corrected chi connectivity index (χ4v) is 4.83. The molecular weight excluding hydrogens is 244 g/mol. The molecule has 4 fully saturated rings. The molecule has 0 aliphatic heterocycles. The van der Waals surface area contributed by atoms with Gasteiger partial charge in [-0.05, 0) is 61.7 Å². The van der Waals surface area contributed by atoms with Gasteiger partial charge in [0.1, 0.15) is 0 Å². The molecule has 4 rings (SSSR count). The molecule has 4 saturated carbocycles. The second kappa shape index (κ2) is 5.51. The van der Waals surface area contributed by atoms with Crippen molar-refractivity contribution in [2.45, 2.75) is 58.3 Å². The van der Waals surface area contributed by atoms with Gasteiger partial charge in [0.2, 0.25) is 0 Å². The highest BCUT2D eigenvalue weighted by Gasteiger charge is 2.51. The van der Waals surface area contributed by atoms with Crippen molar-refractivity contribution in [3.63, 3.8) is 0 Å². The summed E-state index contributed by atoms with van der Waals surface area (Å²) in [4.78, 5) is 20.3. The monoisotopic (exact) mass is 268 g/mol. The van der Waals surface area contributed by atoms with Gasteiger partial charge in [0, 0.05) is 6.42 Å². The van der Waals surface area contributed by atoms with Crippen molar-refractivity contribution in [2.24, 2.45) is 23.2 Å². The Balaban J connectivity index is 0.000000232. The van der Waals surface area contributed by atoms with E-state index in [0.29, 0.717) is 6.42 Å². The highest BCUT2D eigenvalue weighted by Crippen LogP contribution is 2.61. The third-order valence-electron chi connectivity index (χ3n) is 4.99. The Hall–Kier alpha value is -1.06. The Morgan fingerprint density at radius 1 is 0.947 bits per heavy atom. The van der Waals surface area contributed by atoms with Crippen molar-refractivity contribution in [1.29, 1.82) is 0 Å². The van der Waals surface area contributed by atoms with Crippen LogP contribution in [0.4, 0.5) is 0 Å². The van der Waals surface area contributed by atoms with Gasteiger partial charge in [-0.25, -0.2) is 0 Å². The molecule has 4 aliphatic rings. The summed E-state index contributed by atoms with van der Waals surface area (Å²) >= 11 is 0. The first kappa shape index (κ1) is 14.4. The van der Waals surface area contributed by atoms with Crippen LogP contribution in [0.25, 0.3) is 0 Å². The molecule has 0 heterocycles. The quantitative estimate of drug-likeness (QED) is 0.824. The third-order valence-corrected chi connectivity index (χ3v) is 4.99. The van der Waals surface area contributed by atoms with E-state index < -0.39 is 11.9 Å². The first-order chi connectivity index (χ1) is 8.92. The van der Waals surface area contributed by atoms with E-state index in [1.54, 1.807) is 6.92 Å². The van der Waals surface area contributed by atoms with Crippen molar-refractivity contribution in [2.75, 3.05) is 0 Å². The fourth-order valence-electron chi connectivity index (χ4n) is 4.83. The maximum absolute atomic E-state index is 10.9. The summed E-state index contributed by atoms with van der Waals surface area (Å²) in [5, 5.41) is 16.7. The molecule has 2 N–H and O–H groups in total. The molecule has 108 valence electrons. The lowest BCUT2D eigenvalue weighted by atomic mass is 9.49. The molecule has 0 amide bonds. The average Bonchev–Trinajstić information content (AvgIpc) is 2.25. The van der Waals surface area contributed by atoms with Gasteiger partial charge < -0.3 is 10.2 Å². The van der Waals surface area contributed by atoms with Crippen LogP contribution in [0.2, 0.25) is 0 Å². The zero-order valence-corrected chi connectivity index (χ0v) is 11.6. The second-order valence-electron chi connectivity index (χ2n) is 6.74. The highest BCUT2D eigenvalue weighted by atomic mass is 16.4. The van der Waals surface area contributed by atoms with Crippen LogP contribution in [-0.2, 0) is 9.59 Å². The third kappa shape index (κ3) is 3.48. The van der Waals surface area contributed by atoms with E-state index in [1.807, 2.05) is 0 Å². The fraction of sp³-hybridized carbons (Fsp3) is 0.867. The molecule has 0 atom stereocenters. The van der Waals surface area contributed by atoms with Gasteiger partial charge in [-0.2, -0.15) is 0 Å². The zero-order valence-electron chi connectivity index (χ0n) is 11.6. The second-order valence-corrected chi connectivity index (χ2v) is 6.74. The van der Waals surface area contributed by atoms with Gasteiger partial charge in [0.25, 0.3) is 0 Å². The largest absolute Gasteiger partial charge is 0.481 e. The number of carboxylic acid groups (broad SMARTS) is 2. The molecule has 0 unspecified atom stereocenters. The summed E-state index contributed by atoms with van der Waals surface area (Å²) < 4.78 is 0. The maximum atomic E-state index is 10.9. The van der Waals surface area contributed by atoms with E-state index in [1.165, 1.54) is 38.5 Å². The smallest absolute Gasteiger partial charge is 0.303 e. The van der Waals surface area contributed by atoms with E-state index >= 15 is 0 Å². The predicted molar refractivity (Wildman–Crippen MR) is 70.8 cm³/mol. The van der Waals surface area contributed by atoms with E-state index in [4.69, 9.17) is 10.2 Å². The Morgan fingerprint density at radius 2 is 1.32 bits per heavy atom. The molecule has 0 radical (unpaired) electrons. The molecule has 0 spiro atoms. The van der Waals surface area contributed by atoms with Crippen LogP contribution in [0, 0.1) is 23.2 Å². The van der Waals surface area contributed by atoms with Gasteiger partial charge in [0.05, 0.1) is 6.42 Å². The van der Waals surface area contributed by atoms with Gasteiger partial charge >= 0.3 is 11.9 Å². The van der Waals surface area contributed by atoms with Crippen LogP contribution in [0.3, 0.4) is 0 Å². The first-order valence-corrected chi connectivity index (χ1v) is 7.36. The average molecular weight is 268 g/mol. The van der Waals surface area contributed by atoms with Crippen molar-refractivity contribution < 1.29 is 19.8 Å². The number of carboxylic acids is 2. The van der Waals surface area contributed by atoms with Gasteiger partial charge in [0.15, 0.2) is 0 Å². The van der Waals surface area contributed by atoms with Crippen LogP contribution in [-0.4, -0.2) is 22.2 Å². The summed E-state index contributed by atoms with van der Waals surface area (Å²) in [6, 6.07) is 0. The minimum absolute atomic E-state index is 0.222. The first-order valence-electron chi connectivity index (χ1n) is 7.36. The van der Waals surface area contributed by atoms with E-state index in [-0.39, 0.29) is 11.8 Å². The number of hydrogen-bond acceptors (Lipinski definition) is 2. The van der Waals surface area contributed by atoms with Crippen molar-refractivity contribution in [3.8, 4) is 0 Å². The number of hydrogen-bond donors (Lipinski definition) is 2. The molecule has 4 bridgehead atoms. The number of carbonyl (C=O) groups is 2. The van der Waals surface area contributed by atoms with Gasteiger partial charge in [-0.1, -0.05) is 6.92 Å². The molecular formula is C15H24O4. The lowest BCUT2D eigenvalue weighted by molar-refractivity contribution is -0.145. The minimum atomic E-state index is -0.745. The summed E-state index contributed by atoms with van der Waals surface area (Å²) in [7, 11) is 0. The zero-order chi connectivity index (χ0) is 14.0. The molecule has 19 heavy (non-hydrogen) atoms. The molecule has 4 nitrogen and oxygen atoms in total. The van der Waals surface area contributed by atoms with Crippen LogP contribution < -0.4 is 0 Å². The summed E-state index contributed by atoms with van der Waals surface area (Å²) in [6.07, 6.45) is 8.51. The molecule has 0 saturated heterocycles. The van der Waals surface area contributed by atoms with Crippen molar-refractivity contribution in [1.82, 2.24) is 0 Å². The van der Waals surface area contributed by atoms with Crippen molar-refractivity contribution in [3.05, 3.63) is 0 Å². The Kier molecular flexibility index (Phi) is 4.16. The summed E-state index contributed by atoms with van der Waals surface area (Å²) in [5.74, 6) is 1.30. The van der Waals surface area contributed by atoms with Crippen molar-refractivity contribution >= 4 is 11.9 Å². The van der Waals surface area contributed by atoms with Crippen LogP contribution in [0.15, 0.2) is 0 Å². The minimum Gasteiger partial charge on any atom is -0.481 e. The van der Waals surface area contributed by atoms with E-state index in [9.17, 15) is 9.59 Å². The van der Waals surface area contributed by atoms with Crippen LogP contribution in [0.5, 0.6) is 0 Å². The summed E-state index contributed by atoms with van der Waals surface area (Å²) in [5.41, 5.74) is 0.223. The Labute approximate surface area is 114 Å². The molecule has 0 aromatic heterocycles. The Bertz CT molecular complexity index is 326. The number of rotatable bonds is 3. The molecule has 0 aromatic rings. The predicted octanol–water partition coefficient (Wildman–Crippen LogP) is 3.16. The highest BCUT2D eigenvalue weighted by molar-refractivity contribution is 5.67. The Morgan fingerprint density at radius 3 is 1.58 bits per heavy atom. The lowest BCUT2D eigenvalue weighted by Gasteiger charge is -2.56. The molecule has 4 heteroatoms. The molecule has 4 aliphatic carbocycles. The topological polar surface area (TPSA) is 74.6 Å². The van der Waals surface area contributed by atoms with E-state index in [2.05, 4.69) is 0 Å². The van der Waals surface area contributed by atoms with Crippen LogP contribution >= 0.6 is 0 Å². The normalized spacial score (nSPS) is 38.5. The number of aliphatic carboxylic acids is 2. The van der Waals surface area contributed by atoms with Crippen LogP contribution in [0.1, 0.15) is 58.3 Å². The van der Waals surface area contributed by atoms with Gasteiger partial charge in [-0.15, -0.1) is 0 Å².